The van der Waals surface area contributed by atoms with Gasteiger partial charge in [0.25, 0.3) is 10.1 Å². The Kier molecular flexibility index (Phi) is 3.76. The molecule has 2 N–H and O–H groups in total. The number of hydrogen-bond acceptors (Lipinski definition) is 4. The van der Waals surface area contributed by atoms with Crippen molar-refractivity contribution in [3.05, 3.63) is 66.2 Å². The molecule has 0 radical (unpaired) electrons. The summed E-state index contributed by atoms with van der Waals surface area (Å²) in [4.78, 5) is 0.0939. The molecule has 0 aliphatic carbocycles. The molecule has 2 aromatic carbocycles. The molecule has 0 amide bonds. The zero-order valence-corrected chi connectivity index (χ0v) is 10.4. The lowest BCUT2D eigenvalue weighted by Gasteiger charge is -2.13. The largest absolute Gasteiger partial charge is 0.301 e. The van der Waals surface area contributed by atoms with Gasteiger partial charge in [-0.3, -0.25) is 0 Å². The molecule has 0 saturated carbocycles. The van der Waals surface area contributed by atoms with Crippen LogP contribution in [-0.2, 0) is 14.3 Å². The maximum atomic E-state index is 11.9. The Labute approximate surface area is 106 Å². The normalized spacial score (nSPS) is 13.2. The van der Waals surface area contributed by atoms with Gasteiger partial charge in [-0.2, -0.15) is 8.42 Å². The van der Waals surface area contributed by atoms with E-state index in [2.05, 4.69) is 0 Å². The zero-order chi connectivity index (χ0) is 13.0. The lowest BCUT2D eigenvalue weighted by atomic mass is 10.2. The van der Waals surface area contributed by atoms with Crippen molar-refractivity contribution in [2.24, 2.45) is 5.73 Å². The van der Waals surface area contributed by atoms with Crippen LogP contribution in [0.1, 0.15) is 11.8 Å². The summed E-state index contributed by atoms with van der Waals surface area (Å²) in [6, 6.07) is 16.7. The monoisotopic (exact) mass is 263 g/mol. The second-order valence-corrected chi connectivity index (χ2v) is 5.27. The van der Waals surface area contributed by atoms with E-state index >= 15 is 0 Å². The Balaban J connectivity index is 2.20. The molecule has 18 heavy (non-hydrogen) atoms. The van der Waals surface area contributed by atoms with E-state index in [0.29, 0.717) is 5.56 Å². The first-order valence-corrected chi connectivity index (χ1v) is 6.79. The van der Waals surface area contributed by atoms with Crippen molar-refractivity contribution in [1.82, 2.24) is 0 Å². The molecule has 1 atom stereocenters. The van der Waals surface area contributed by atoms with Crippen molar-refractivity contribution in [3.63, 3.8) is 0 Å². The summed E-state index contributed by atoms with van der Waals surface area (Å²) < 4.78 is 28.8. The molecular formula is C13H13NO3S. The smallest absolute Gasteiger partial charge is 0.298 e. The molecule has 0 aliphatic rings. The zero-order valence-electron chi connectivity index (χ0n) is 9.56. The standard InChI is InChI=1S/C13H13NO3S/c14-13(11-7-3-1-4-8-11)17-18(15,16)12-9-5-2-6-10-12/h1-10,13H,14H2. The van der Waals surface area contributed by atoms with E-state index in [-0.39, 0.29) is 4.90 Å². The van der Waals surface area contributed by atoms with Crippen molar-refractivity contribution in [3.8, 4) is 0 Å². The van der Waals surface area contributed by atoms with Gasteiger partial charge in [0.1, 0.15) is 0 Å². The Morgan fingerprint density at radius 3 is 1.94 bits per heavy atom. The average Bonchev–Trinajstić information content (AvgIpc) is 2.40. The number of hydrogen-bond donors (Lipinski definition) is 1. The SMILES string of the molecule is NC(OS(=O)(=O)c1ccccc1)c1ccccc1. The molecule has 0 bridgehead atoms. The van der Waals surface area contributed by atoms with E-state index in [1.54, 1.807) is 42.5 Å². The summed E-state index contributed by atoms with van der Waals surface area (Å²) in [5, 5.41) is 0. The molecule has 0 fully saturated rings. The highest BCUT2D eigenvalue weighted by Gasteiger charge is 2.19. The van der Waals surface area contributed by atoms with Gasteiger partial charge in [0, 0.05) is 0 Å². The summed E-state index contributed by atoms with van der Waals surface area (Å²) in [5.74, 6) is 0. The van der Waals surface area contributed by atoms with Crippen LogP contribution >= 0.6 is 0 Å². The van der Waals surface area contributed by atoms with Crippen LogP contribution in [0.5, 0.6) is 0 Å². The first kappa shape index (κ1) is 12.8. The Morgan fingerprint density at radius 2 is 1.39 bits per heavy atom. The first-order valence-electron chi connectivity index (χ1n) is 5.38. The van der Waals surface area contributed by atoms with Gasteiger partial charge in [0.2, 0.25) is 0 Å². The molecule has 2 aromatic rings. The maximum absolute atomic E-state index is 11.9. The predicted octanol–water partition coefficient (Wildman–Crippen LogP) is 2.05. The van der Waals surface area contributed by atoms with Gasteiger partial charge in [0.15, 0.2) is 6.23 Å². The van der Waals surface area contributed by atoms with Gasteiger partial charge >= 0.3 is 0 Å². The lowest BCUT2D eigenvalue weighted by molar-refractivity contribution is 0.221. The Hall–Kier alpha value is -1.69. The molecule has 0 spiro atoms. The highest BCUT2D eigenvalue weighted by molar-refractivity contribution is 7.86. The molecule has 94 valence electrons. The summed E-state index contributed by atoms with van der Waals surface area (Å²) in [6.45, 7) is 0. The molecule has 0 aromatic heterocycles. The summed E-state index contributed by atoms with van der Waals surface area (Å²) in [6.07, 6.45) is -1.00. The molecule has 0 heterocycles. The second-order valence-electron chi connectivity index (χ2n) is 3.69. The predicted molar refractivity (Wildman–Crippen MR) is 68.1 cm³/mol. The van der Waals surface area contributed by atoms with Crippen LogP contribution in [0, 0.1) is 0 Å². The van der Waals surface area contributed by atoms with E-state index in [9.17, 15) is 8.42 Å². The van der Waals surface area contributed by atoms with E-state index in [1.165, 1.54) is 12.1 Å². The van der Waals surface area contributed by atoms with Crippen molar-refractivity contribution in [1.29, 1.82) is 0 Å². The van der Waals surface area contributed by atoms with Crippen LogP contribution < -0.4 is 5.73 Å². The third-order valence-electron chi connectivity index (χ3n) is 2.39. The van der Waals surface area contributed by atoms with Crippen LogP contribution in [0.3, 0.4) is 0 Å². The van der Waals surface area contributed by atoms with Gasteiger partial charge in [-0.05, 0) is 17.7 Å². The van der Waals surface area contributed by atoms with Crippen molar-refractivity contribution < 1.29 is 12.6 Å². The van der Waals surface area contributed by atoms with E-state index < -0.39 is 16.3 Å². The van der Waals surface area contributed by atoms with Crippen molar-refractivity contribution in [2.45, 2.75) is 11.1 Å². The van der Waals surface area contributed by atoms with Gasteiger partial charge in [-0.1, -0.05) is 48.5 Å². The summed E-state index contributed by atoms with van der Waals surface area (Å²) in [7, 11) is -3.83. The van der Waals surface area contributed by atoms with Crippen LogP contribution in [0.15, 0.2) is 65.6 Å². The van der Waals surface area contributed by atoms with E-state index in [4.69, 9.17) is 9.92 Å². The fourth-order valence-electron chi connectivity index (χ4n) is 1.48. The highest BCUT2D eigenvalue weighted by Crippen LogP contribution is 2.19. The molecule has 0 aliphatic heterocycles. The minimum atomic E-state index is -3.83. The van der Waals surface area contributed by atoms with Crippen molar-refractivity contribution >= 4 is 10.1 Å². The van der Waals surface area contributed by atoms with Gasteiger partial charge in [-0.25, -0.2) is 4.18 Å². The van der Waals surface area contributed by atoms with Crippen LogP contribution in [0.25, 0.3) is 0 Å². The average molecular weight is 263 g/mol. The molecule has 2 rings (SSSR count). The third kappa shape index (κ3) is 2.95. The molecule has 1 unspecified atom stereocenters. The Morgan fingerprint density at radius 1 is 0.889 bits per heavy atom. The topological polar surface area (TPSA) is 69.4 Å². The quantitative estimate of drug-likeness (QED) is 0.677. The highest BCUT2D eigenvalue weighted by atomic mass is 32.2. The maximum Gasteiger partial charge on any atom is 0.298 e. The summed E-state index contributed by atoms with van der Waals surface area (Å²) >= 11 is 0. The van der Waals surface area contributed by atoms with Crippen LogP contribution in [0.2, 0.25) is 0 Å². The number of rotatable bonds is 4. The van der Waals surface area contributed by atoms with Gasteiger partial charge in [-0.15, -0.1) is 0 Å². The Bertz CT molecular complexity index is 597. The minimum absolute atomic E-state index is 0.0939. The fraction of sp³-hybridized carbons (Fsp3) is 0.0769. The van der Waals surface area contributed by atoms with Gasteiger partial charge < -0.3 is 5.73 Å². The lowest BCUT2D eigenvalue weighted by Crippen LogP contribution is -2.19. The van der Waals surface area contributed by atoms with Crippen LogP contribution in [0.4, 0.5) is 0 Å². The minimum Gasteiger partial charge on any atom is -0.301 e. The molecule has 5 heteroatoms. The second kappa shape index (κ2) is 5.30. The molecule has 0 saturated heterocycles. The van der Waals surface area contributed by atoms with Crippen LogP contribution in [-0.4, -0.2) is 8.42 Å². The molecule has 4 nitrogen and oxygen atoms in total. The van der Waals surface area contributed by atoms with E-state index in [0.717, 1.165) is 0 Å². The third-order valence-corrected chi connectivity index (χ3v) is 3.70. The first-order chi connectivity index (χ1) is 8.59. The fourth-order valence-corrected chi connectivity index (χ4v) is 2.46. The number of nitrogens with two attached hydrogens (primary N) is 1. The molecular weight excluding hydrogens is 250 g/mol. The van der Waals surface area contributed by atoms with Gasteiger partial charge in [0.05, 0.1) is 4.90 Å². The van der Waals surface area contributed by atoms with Crippen molar-refractivity contribution in [2.75, 3.05) is 0 Å². The van der Waals surface area contributed by atoms with E-state index in [1.807, 2.05) is 6.07 Å². The number of benzene rings is 2. The summed E-state index contributed by atoms with van der Waals surface area (Å²) in [5.41, 5.74) is 6.33.